The van der Waals surface area contributed by atoms with E-state index in [1.807, 2.05) is 6.92 Å². The first-order valence-electron chi connectivity index (χ1n) is 6.65. The van der Waals surface area contributed by atoms with Gasteiger partial charge in [0.1, 0.15) is 17.1 Å². The smallest absolute Gasteiger partial charge is 0.325 e. The van der Waals surface area contributed by atoms with E-state index in [9.17, 15) is 9.18 Å². The van der Waals surface area contributed by atoms with E-state index in [2.05, 4.69) is 5.32 Å². The zero-order valence-corrected chi connectivity index (χ0v) is 12.5. The number of halogens is 1. The molecular weight excluding hydrogens is 261 g/mol. The molecule has 0 aliphatic heterocycles. The van der Waals surface area contributed by atoms with Crippen molar-refractivity contribution in [2.45, 2.75) is 32.7 Å². The van der Waals surface area contributed by atoms with Gasteiger partial charge in [0, 0.05) is 6.42 Å². The summed E-state index contributed by atoms with van der Waals surface area (Å²) in [5, 5.41) is 3.11. The molecule has 0 fully saturated rings. The molecule has 0 heterocycles. The quantitative estimate of drug-likeness (QED) is 0.781. The number of ether oxygens (including phenoxy) is 2. The Bertz CT molecular complexity index is 464. The molecule has 0 bridgehead atoms. The number of likely N-dealkylation sites (N-methyl/N-ethyl adjacent to an activating group) is 1. The number of nitrogens with one attached hydrogen (secondary N) is 1. The third-order valence-electron chi connectivity index (χ3n) is 3.20. The van der Waals surface area contributed by atoms with E-state index in [0.717, 1.165) is 5.56 Å². The Morgan fingerprint density at radius 2 is 2.15 bits per heavy atom. The fourth-order valence-corrected chi connectivity index (χ4v) is 2.02. The van der Waals surface area contributed by atoms with Crippen LogP contribution in [0.15, 0.2) is 18.2 Å². The van der Waals surface area contributed by atoms with Crippen LogP contribution in [0.1, 0.15) is 25.8 Å². The van der Waals surface area contributed by atoms with Crippen molar-refractivity contribution >= 4 is 5.97 Å². The molecule has 0 aliphatic carbocycles. The summed E-state index contributed by atoms with van der Waals surface area (Å²) in [6.07, 6.45) is 0.463. The lowest BCUT2D eigenvalue weighted by Crippen LogP contribution is -2.51. The highest BCUT2D eigenvalue weighted by molar-refractivity contribution is 5.80. The highest BCUT2D eigenvalue weighted by atomic mass is 19.1. The van der Waals surface area contributed by atoms with Crippen molar-refractivity contribution in [1.29, 1.82) is 0 Å². The molecule has 0 saturated carbocycles. The molecular formula is C15H22FNO3. The lowest BCUT2D eigenvalue weighted by Gasteiger charge is -2.27. The molecule has 20 heavy (non-hydrogen) atoms. The molecule has 0 spiro atoms. The minimum atomic E-state index is -0.780. The maximum atomic E-state index is 13.0. The molecule has 1 atom stereocenters. The third-order valence-corrected chi connectivity index (χ3v) is 3.20. The number of carbonyl (C=O) groups excluding carboxylic acids is 1. The number of hydrogen-bond acceptors (Lipinski definition) is 4. The third kappa shape index (κ3) is 4.20. The number of carbonyl (C=O) groups is 1. The SMILES string of the molecule is CCNC(C)(CCOc1ccc(F)cc1C)C(=O)OC. The van der Waals surface area contributed by atoms with Crippen molar-refractivity contribution in [2.24, 2.45) is 0 Å². The largest absolute Gasteiger partial charge is 0.493 e. The molecule has 1 N–H and O–H groups in total. The van der Waals surface area contributed by atoms with Crippen molar-refractivity contribution in [3.63, 3.8) is 0 Å². The highest BCUT2D eigenvalue weighted by Crippen LogP contribution is 2.20. The van der Waals surface area contributed by atoms with Crippen molar-refractivity contribution in [3.05, 3.63) is 29.6 Å². The van der Waals surface area contributed by atoms with Gasteiger partial charge in [0.05, 0.1) is 13.7 Å². The maximum Gasteiger partial charge on any atom is 0.325 e. The molecule has 1 aromatic carbocycles. The van der Waals surface area contributed by atoms with Crippen molar-refractivity contribution in [1.82, 2.24) is 5.32 Å². The van der Waals surface area contributed by atoms with Crippen LogP contribution in [0.4, 0.5) is 4.39 Å². The van der Waals surface area contributed by atoms with Gasteiger partial charge in [-0.2, -0.15) is 0 Å². The molecule has 0 saturated heterocycles. The Morgan fingerprint density at radius 3 is 2.70 bits per heavy atom. The van der Waals surface area contributed by atoms with Gasteiger partial charge in [0.25, 0.3) is 0 Å². The number of methoxy groups -OCH3 is 1. The second kappa shape index (κ2) is 7.24. The summed E-state index contributed by atoms with van der Waals surface area (Å²) in [4.78, 5) is 11.8. The fourth-order valence-electron chi connectivity index (χ4n) is 2.02. The minimum absolute atomic E-state index is 0.290. The summed E-state index contributed by atoms with van der Waals surface area (Å²) >= 11 is 0. The Labute approximate surface area is 119 Å². The second-order valence-corrected chi connectivity index (χ2v) is 4.86. The van der Waals surface area contributed by atoms with E-state index in [4.69, 9.17) is 9.47 Å². The second-order valence-electron chi connectivity index (χ2n) is 4.86. The van der Waals surface area contributed by atoms with Crippen LogP contribution in [0, 0.1) is 12.7 Å². The van der Waals surface area contributed by atoms with Crippen molar-refractivity contribution in [2.75, 3.05) is 20.3 Å². The monoisotopic (exact) mass is 283 g/mol. The summed E-state index contributed by atoms with van der Waals surface area (Å²) in [7, 11) is 1.36. The van der Waals surface area contributed by atoms with Gasteiger partial charge in [-0.15, -0.1) is 0 Å². The first-order chi connectivity index (χ1) is 9.42. The summed E-state index contributed by atoms with van der Waals surface area (Å²) in [5.41, 5.74) is -0.0505. The summed E-state index contributed by atoms with van der Waals surface area (Å²) in [6.45, 7) is 6.48. The molecule has 1 aromatic rings. The average Bonchev–Trinajstić information content (AvgIpc) is 2.40. The number of benzene rings is 1. The lowest BCUT2D eigenvalue weighted by atomic mass is 9.98. The van der Waals surface area contributed by atoms with E-state index in [0.29, 0.717) is 25.3 Å². The molecule has 0 amide bonds. The van der Waals surface area contributed by atoms with Crippen LogP contribution < -0.4 is 10.1 Å². The molecule has 1 rings (SSSR count). The summed E-state index contributed by atoms with van der Waals surface area (Å²) in [6, 6.07) is 4.36. The van der Waals surface area contributed by atoms with Gasteiger partial charge >= 0.3 is 5.97 Å². The first kappa shape index (κ1) is 16.4. The maximum absolute atomic E-state index is 13.0. The standard InChI is InChI=1S/C15H22FNO3/c1-5-17-15(3,14(18)19-4)8-9-20-13-7-6-12(16)10-11(13)2/h6-7,10,17H,5,8-9H2,1-4H3. The van der Waals surface area contributed by atoms with Crippen LogP contribution in [0.5, 0.6) is 5.75 Å². The first-order valence-corrected chi connectivity index (χ1v) is 6.65. The van der Waals surface area contributed by atoms with Crippen LogP contribution in [0.2, 0.25) is 0 Å². The number of aryl methyl sites for hydroxylation is 1. The van der Waals surface area contributed by atoms with Gasteiger partial charge in [-0.05, 0) is 44.2 Å². The molecule has 0 aliphatic rings. The number of hydrogen-bond donors (Lipinski definition) is 1. The molecule has 5 heteroatoms. The van der Waals surface area contributed by atoms with Gasteiger partial charge < -0.3 is 14.8 Å². The van der Waals surface area contributed by atoms with Gasteiger partial charge in [-0.3, -0.25) is 4.79 Å². The fraction of sp³-hybridized carbons (Fsp3) is 0.533. The summed E-state index contributed by atoms with van der Waals surface area (Å²) < 4.78 is 23.4. The number of esters is 1. The molecule has 0 aromatic heterocycles. The van der Waals surface area contributed by atoms with Crippen LogP contribution in [0.3, 0.4) is 0 Å². The Morgan fingerprint density at radius 1 is 1.45 bits per heavy atom. The highest BCUT2D eigenvalue weighted by Gasteiger charge is 2.33. The predicted octanol–water partition coefficient (Wildman–Crippen LogP) is 2.44. The zero-order valence-electron chi connectivity index (χ0n) is 12.5. The molecule has 112 valence electrons. The minimum Gasteiger partial charge on any atom is -0.493 e. The van der Waals surface area contributed by atoms with E-state index in [1.165, 1.54) is 19.2 Å². The van der Waals surface area contributed by atoms with Crippen molar-refractivity contribution in [3.8, 4) is 5.75 Å². The predicted molar refractivity (Wildman–Crippen MR) is 75.3 cm³/mol. The van der Waals surface area contributed by atoms with E-state index < -0.39 is 5.54 Å². The van der Waals surface area contributed by atoms with Gasteiger partial charge in [0.15, 0.2) is 0 Å². The van der Waals surface area contributed by atoms with Gasteiger partial charge in [-0.25, -0.2) is 4.39 Å². The van der Waals surface area contributed by atoms with Gasteiger partial charge in [0.2, 0.25) is 0 Å². The van der Waals surface area contributed by atoms with E-state index in [1.54, 1.807) is 19.9 Å². The molecule has 4 nitrogen and oxygen atoms in total. The van der Waals surface area contributed by atoms with Crippen LogP contribution >= 0.6 is 0 Å². The summed E-state index contributed by atoms with van der Waals surface area (Å²) in [5.74, 6) is 0.00999. The molecule has 1 unspecified atom stereocenters. The van der Waals surface area contributed by atoms with E-state index >= 15 is 0 Å². The average molecular weight is 283 g/mol. The Balaban J connectivity index is 2.62. The van der Waals surface area contributed by atoms with E-state index in [-0.39, 0.29) is 11.8 Å². The van der Waals surface area contributed by atoms with Crippen LogP contribution in [-0.4, -0.2) is 31.8 Å². The molecule has 0 radical (unpaired) electrons. The topological polar surface area (TPSA) is 47.6 Å². The Kier molecular flexibility index (Phi) is 5.95. The number of rotatable bonds is 7. The zero-order chi connectivity index (χ0) is 15.2. The van der Waals surface area contributed by atoms with Crippen LogP contribution in [-0.2, 0) is 9.53 Å². The van der Waals surface area contributed by atoms with Gasteiger partial charge in [-0.1, -0.05) is 6.92 Å². The van der Waals surface area contributed by atoms with Crippen LogP contribution in [0.25, 0.3) is 0 Å². The Hall–Kier alpha value is -1.62. The normalized spacial score (nSPS) is 13.7. The lowest BCUT2D eigenvalue weighted by molar-refractivity contribution is -0.148. The van der Waals surface area contributed by atoms with Crippen molar-refractivity contribution < 1.29 is 18.7 Å².